The normalized spacial score (nSPS) is 10.5. The standard InChI is InChI=1S/C10H11BrN4/c1-7(2)5-13-9-10-12-3-4-15(10)6-8(11)14-9/h3-4,6H,1,5H2,2H3,(H,13,14). The van der Waals surface area contributed by atoms with Gasteiger partial charge in [0.05, 0.1) is 0 Å². The highest BCUT2D eigenvalue weighted by Gasteiger charge is 2.05. The molecule has 0 aliphatic carbocycles. The van der Waals surface area contributed by atoms with Gasteiger partial charge in [-0.2, -0.15) is 0 Å². The number of rotatable bonds is 3. The molecule has 0 aliphatic heterocycles. The Hall–Kier alpha value is -1.36. The molecule has 1 N–H and O–H groups in total. The van der Waals surface area contributed by atoms with Gasteiger partial charge in [0, 0.05) is 25.1 Å². The third kappa shape index (κ3) is 2.18. The number of imidazole rings is 1. The lowest BCUT2D eigenvalue weighted by Crippen LogP contribution is -2.06. The third-order valence-electron chi connectivity index (χ3n) is 1.90. The number of hydrogen-bond donors (Lipinski definition) is 1. The van der Waals surface area contributed by atoms with Crippen molar-refractivity contribution in [3.05, 3.63) is 35.3 Å². The number of aromatic nitrogens is 3. The molecule has 2 aromatic heterocycles. The monoisotopic (exact) mass is 266 g/mol. The molecule has 2 aromatic rings. The van der Waals surface area contributed by atoms with Gasteiger partial charge in [-0.05, 0) is 22.9 Å². The fourth-order valence-corrected chi connectivity index (χ4v) is 1.65. The molecule has 0 aliphatic rings. The molecule has 0 saturated heterocycles. The number of anilines is 1. The van der Waals surface area contributed by atoms with Crippen LogP contribution in [-0.2, 0) is 0 Å². The van der Waals surface area contributed by atoms with Gasteiger partial charge in [-0.25, -0.2) is 9.97 Å². The first kappa shape index (κ1) is 10.2. The number of fused-ring (bicyclic) bond motifs is 1. The zero-order chi connectivity index (χ0) is 10.8. The van der Waals surface area contributed by atoms with Crippen LogP contribution in [0.3, 0.4) is 0 Å². The second-order valence-electron chi connectivity index (χ2n) is 3.38. The first-order valence-corrected chi connectivity index (χ1v) is 5.33. The van der Waals surface area contributed by atoms with E-state index in [9.17, 15) is 0 Å². The SMILES string of the molecule is C=C(C)CNc1nc(Br)cn2ccnc12. The second kappa shape index (κ2) is 4.02. The first-order chi connectivity index (χ1) is 7.16. The average Bonchev–Trinajstić information content (AvgIpc) is 2.61. The molecule has 2 heterocycles. The molecule has 0 amide bonds. The first-order valence-electron chi connectivity index (χ1n) is 4.54. The van der Waals surface area contributed by atoms with Crippen LogP contribution in [0.25, 0.3) is 5.65 Å². The highest BCUT2D eigenvalue weighted by molar-refractivity contribution is 9.10. The van der Waals surface area contributed by atoms with Crippen LogP contribution in [0.15, 0.2) is 35.3 Å². The largest absolute Gasteiger partial charge is 0.363 e. The highest BCUT2D eigenvalue weighted by atomic mass is 79.9. The van der Waals surface area contributed by atoms with Crippen molar-refractivity contribution in [1.82, 2.24) is 14.4 Å². The zero-order valence-corrected chi connectivity index (χ0v) is 9.95. The summed E-state index contributed by atoms with van der Waals surface area (Å²) in [5.41, 5.74) is 1.88. The third-order valence-corrected chi connectivity index (χ3v) is 2.28. The fourth-order valence-electron chi connectivity index (χ4n) is 1.25. The molecule has 0 bridgehead atoms. The van der Waals surface area contributed by atoms with Crippen molar-refractivity contribution in [3.63, 3.8) is 0 Å². The van der Waals surface area contributed by atoms with Crippen LogP contribution in [0.2, 0.25) is 0 Å². The molecule has 0 unspecified atom stereocenters. The highest BCUT2D eigenvalue weighted by Crippen LogP contribution is 2.16. The van der Waals surface area contributed by atoms with Gasteiger partial charge in [0.25, 0.3) is 0 Å². The molecule has 0 aromatic carbocycles. The Morgan fingerprint density at radius 1 is 1.67 bits per heavy atom. The maximum atomic E-state index is 4.33. The van der Waals surface area contributed by atoms with E-state index in [0.29, 0.717) is 6.54 Å². The molecule has 4 nitrogen and oxygen atoms in total. The molecule has 0 saturated carbocycles. The van der Waals surface area contributed by atoms with Crippen LogP contribution in [0.4, 0.5) is 5.82 Å². The van der Waals surface area contributed by atoms with E-state index in [4.69, 9.17) is 0 Å². The van der Waals surface area contributed by atoms with Crippen molar-refractivity contribution < 1.29 is 0 Å². The molecule has 0 atom stereocenters. The molecule has 15 heavy (non-hydrogen) atoms. The van der Waals surface area contributed by atoms with Gasteiger partial charge in [-0.3, -0.25) is 0 Å². The quantitative estimate of drug-likeness (QED) is 0.869. The molecular weight excluding hydrogens is 256 g/mol. The minimum absolute atomic E-state index is 0.700. The Morgan fingerprint density at radius 3 is 3.20 bits per heavy atom. The summed E-state index contributed by atoms with van der Waals surface area (Å²) in [5.74, 6) is 0.761. The molecule has 0 fully saturated rings. The Morgan fingerprint density at radius 2 is 2.47 bits per heavy atom. The molecule has 5 heteroatoms. The maximum absolute atomic E-state index is 4.33. The minimum Gasteiger partial charge on any atom is -0.363 e. The van der Waals surface area contributed by atoms with Gasteiger partial charge in [-0.1, -0.05) is 12.2 Å². The van der Waals surface area contributed by atoms with Gasteiger partial charge >= 0.3 is 0 Å². The van der Waals surface area contributed by atoms with E-state index in [2.05, 4.69) is 37.8 Å². The topological polar surface area (TPSA) is 42.2 Å². The van der Waals surface area contributed by atoms with Crippen LogP contribution >= 0.6 is 15.9 Å². The van der Waals surface area contributed by atoms with Gasteiger partial charge in [0.1, 0.15) is 4.60 Å². The summed E-state index contributed by atoms with van der Waals surface area (Å²) in [6, 6.07) is 0. The van der Waals surface area contributed by atoms with E-state index in [1.807, 2.05) is 23.7 Å². The summed E-state index contributed by atoms with van der Waals surface area (Å²) >= 11 is 3.35. The van der Waals surface area contributed by atoms with E-state index in [-0.39, 0.29) is 0 Å². The van der Waals surface area contributed by atoms with Gasteiger partial charge < -0.3 is 9.72 Å². The fraction of sp³-hybridized carbons (Fsp3) is 0.200. The van der Waals surface area contributed by atoms with Crippen LogP contribution < -0.4 is 5.32 Å². The van der Waals surface area contributed by atoms with E-state index < -0.39 is 0 Å². The summed E-state index contributed by atoms with van der Waals surface area (Å²) in [4.78, 5) is 8.55. The summed E-state index contributed by atoms with van der Waals surface area (Å²) in [6.07, 6.45) is 5.50. The van der Waals surface area contributed by atoms with E-state index in [1.165, 1.54) is 0 Å². The number of hydrogen-bond acceptors (Lipinski definition) is 3. The van der Waals surface area contributed by atoms with E-state index >= 15 is 0 Å². The number of nitrogens with zero attached hydrogens (tertiary/aromatic N) is 3. The van der Waals surface area contributed by atoms with E-state index in [0.717, 1.165) is 21.6 Å². The smallest absolute Gasteiger partial charge is 0.180 e. The van der Waals surface area contributed by atoms with Crippen molar-refractivity contribution in [1.29, 1.82) is 0 Å². The Bertz CT molecular complexity index is 503. The molecular formula is C10H11BrN4. The van der Waals surface area contributed by atoms with Gasteiger partial charge in [0.15, 0.2) is 11.5 Å². The zero-order valence-electron chi connectivity index (χ0n) is 8.37. The Kier molecular flexibility index (Phi) is 2.73. The van der Waals surface area contributed by atoms with Gasteiger partial charge in [0.2, 0.25) is 0 Å². The lowest BCUT2D eigenvalue weighted by atomic mass is 10.3. The summed E-state index contributed by atoms with van der Waals surface area (Å²) in [6.45, 7) is 6.50. The average molecular weight is 267 g/mol. The Labute approximate surface area is 96.2 Å². The lowest BCUT2D eigenvalue weighted by molar-refractivity contribution is 1.08. The summed E-state index contributed by atoms with van der Waals surface area (Å²) in [5, 5.41) is 3.19. The minimum atomic E-state index is 0.700. The predicted molar refractivity (Wildman–Crippen MR) is 64.0 cm³/mol. The van der Waals surface area contributed by atoms with Gasteiger partial charge in [-0.15, -0.1) is 0 Å². The second-order valence-corrected chi connectivity index (χ2v) is 4.19. The van der Waals surface area contributed by atoms with Crippen molar-refractivity contribution in [3.8, 4) is 0 Å². The molecule has 78 valence electrons. The number of nitrogens with one attached hydrogen (secondary N) is 1. The van der Waals surface area contributed by atoms with Crippen LogP contribution in [0.5, 0.6) is 0 Å². The summed E-state index contributed by atoms with van der Waals surface area (Å²) in [7, 11) is 0. The summed E-state index contributed by atoms with van der Waals surface area (Å²) < 4.78 is 2.69. The molecule has 2 rings (SSSR count). The number of halogens is 1. The Balaban J connectivity index is 2.39. The van der Waals surface area contributed by atoms with Crippen molar-refractivity contribution in [2.24, 2.45) is 0 Å². The molecule has 0 spiro atoms. The van der Waals surface area contributed by atoms with Crippen molar-refractivity contribution >= 4 is 27.4 Å². The van der Waals surface area contributed by atoms with Crippen molar-refractivity contribution in [2.45, 2.75) is 6.92 Å². The lowest BCUT2D eigenvalue weighted by Gasteiger charge is -2.06. The van der Waals surface area contributed by atoms with Crippen LogP contribution in [-0.4, -0.2) is 20.9 Å². The maximum Gasteiger partial charge on any atom is 0.180 e. The van der Waals surface area contributed by atoms with E-state index in [1.54, 1.807) is 6.20 Å². The predicted octanol–water partition coefficient (Wildman–Crippen LogP) is 2.48. The van der Waals surface area contributed by atoms with Crippen LogP contribution in [0, 0.1) is 0 Å². The molecule has 0 radical (unpaired) electrons. The van der Waals surface area contributed by atoms with Crippen molar-refractivity contribution in [2.75, 3.05) is 11.9 Å². The van der Waals surface area contributed by atoms with Crippen LogP contribution in [0.1, 0.15) is 6.92 Å².